The maximum Gasteiger partial charge on any atom is 0.314 e. The second-order valence-electron chi connectivity index (χ2n) is 2.77. The Morgan fingerprint density at radius 3 is 3.00 bits per heavy atom. The molecule has 0 unspecified atom stereocenters. The van der Waals surface area contributed by atoms with Gasteiger partial charge in [-0.3, -0.25) is 0 Å². The van der Waals surface area contributed by atoms with Gasteiger partial charge in [-0.2, -0.15) is 0 Å². The third-order valence-corrected chi connectivity index (χ3v) is 1.86. The second-order valence-corrected chi connectivity index (χ2v) is 2.77. The molecule has 1 heterocycles. The highest BCUT2D eigenvalue weighted by atomic mass is 16.2. The third-order valence-electron chi connectivity index (χ3n) is 1.86. The molecule has 4 nitrogen and oxygen atoms in total. The average molecular weight is 157 g/mol. The molecule has 1 saturated heterocycles. The number of carbonyl (C=O) groups is 1. The molecule has 1 atom stereocenters. The smallest absolute Gasteiger partial charge is 0.314 e. The van der Waals surface area contributed by atoms with E-state index in [1.165, 1.54) is 0 Å². The number of carbonyl (C=O) groups excluding carboxylic acids is 1. The Balaban J connectivity index is 2.19. The predicted molar refractivity (Wildman–Crippen MR) is 43.5 cm³/mol. The first-order valence-corrected chi connectivity index (χ1v) is 4.02. The molecule has 1 fully saturated rings. The van der Waals surface area contributed by atoms with Crippen molar-refractivity contribution in [2.75, 3.05) is 20.1 Å². The lowest BCUT2D eigenvalue weighted by atomic mass is 10.1. The van der Waals surface area contributed by atoms with Gasteiger partial charge in [-0.25, -0.2) is 4.79 Å². The van der Waals surface area contributed by atoms with Crippen molar-refractivity contribution < 1.29 is 4.79 Å². The lowest BCUT2D eigenvalue weighted by Crippen LogP contribution is -2.48. The van der Waals surface area contributed by atoms with E-state index < -0.39 is 0 Å². The van der Waals surface area contributed by atoms with Gasteiger partial charge in [0, 0.05) is 19.6 Å². The molecule has 64 valence electrons. The molecule has 0 bridgehead atoms. The van der Waals surface area contributed by atoms with Crippen molar-refractivity contribution >= 4 is 6.03 Å². The standard InChI is InChI=1S/C7H15N3O/c1-8-7(11)10-6-3-2-4-9-5-6/h6,9H,2-5H2,1H3,(H2,8,10,11)/t6-/m0/s1. The van der Waals surface area contributed by atoms with E-state index in [1.54, 1.807) is 7.05 Å². The predicted octanol–water partition coefficient (Wildman–Crippen LogP) is -0.333. The second kappa shape index (κ2) is 4.18. The van der Waals surface area contributed by atoms with Gasteiger partial charge in [0.25, 0.3) is 0 Å². The maximum atomic E-state index is 10.8. The van der Waals surface area contributed by atoms with Gasteiger partial charge in [0.05, 0.1) is 0 Å². The van der Waals surface area contributed by atoms with E-state index >= 15 is 0 Å². The summed E-state index contributed by atoms with van der Waals surface area (Å²) in [4.78, 5) is 10.8. The van der Waals surface area contributed by atoms with E-state index in [0.717, 1.165) is 25.9 Å². The molecule has 0 aromatic carbocycles. The van der Waals surface area contributed by atoms with E-state index in [0.29, 0.717) is 6.04 Å². The Kier molecular flexibility index (Phi) is 3.16. The molecule has 4 heteroatoms. The van der Waals surface area contributed by atoms with Crippen molar-refractivity contribution in [3.05, 3.63) is 0 Å². The summed E-state index contributed by atoms with van der Waals surface area (Å²) < 4.78 is 0. The summed E-state index contributed by atoms with van der Waals surface area (Å²) >= 11 is 0. The summed E-state index contributed by atoms with van der Waals surface area (Å²) in [6, 6.07) is 0.224. The molecule has 11 heavy (non-hydrogen) atoms. The molecule has 0 saturated carbocycles. The fraction of sp³-hybridized carbons (Fsp3) is 0.857. The normalized spacial score (nSPS) is 24.3. The molecule has 0 aliphatic carbocycles. The Bertz CT molecular complexity index is 132. The van der Waals surface area contributed by atoms with Gasteiger partial charge in [-0.15, -0.1) is 0 Å². The molecule has 3 N–H and O–H groups in total. The summed E-state index contributed by atoms with van der Waals surface area (Å²) in [5, 5.41) is 8.61. The minimum Gasteiger partial charge on any atom is -0.341 e. The molecular weight excluding hydrogens is 142 g/mol. The summed E-state index contributed by atoms with van der Waals surface area (Å²) in [5.74, 6) is 0. The van der Waals surface area contributed by atoms with Crippen LogP contribution in [0.15, 0.2) is 0 Å². The number of hydrogen-bond acceptors (Lipinski definition) is 2. The topological polar surface area (TPSA) is 53.2 Å². The van der Waals surface area contributed by atoms with Crippen LogP contribution in [0.25, 0.3) is 0 Å². The van der Waals surface area contributed by atoms with Gasteiger partial charge in [0.2, 0.25) is 0 Å². The van der Waals surface area contributed by atoms with E-state index in [9.17, 15) is 4.79 Å². The number of piperidine rings is 1. The fourth-order valence-corrected chi connectivity index (χ4v) is 1.23. The lowest BCUT2D eigenvalue weighted by molar-refractivity contribution is 0.236. The quantitative estimate of drug-likeness (QED) is 0.488. The van der Waals surface area contributed by atoms with E-state index in [-0.39, 0.29) is 6.03 Å². The average Bonchev–Trinajstić information content (AvgIpc) is 2.06. The summed E-state index contributed by atoms with van der Waals surface area (Å²) in [7, 11) is 1.63. The number of amides is 2. The zero-order chi connectivity index (χ0) is 8.10. The van der Waals surface area contributed by atoms with Gasteiger partial charge in [0.15, 0.2) is 0 Å². The SMILES string of the molecule is CNC(=O)N[C@H]1CCCNC1. The van der Waals surface area contributed by atoms with E-state index in [1.807, 2.05) is 0 Å². The molecule has 0 radical (unpaired) electrons. The molecule has 1 aliphatic heterocycles. The van der Waals surface area contributed by atoms with Crippen LogP contribution >= 0.6 is 0 Å². The molecular formula is C7H15N3O. The van der Waals surface area contributed by atoms with Crippen molar-refractivity contribution in [3.63, 3.8) is 0 Å². The first-order chi connectivity index (χ1) is 5.33. The first-order valence-electron chi connectivity index (χ1n) is 4.02. The monoisotopic (exact) mass is 157 g/mol. The number of hydrogen-bond donors (Lipinski definition) is 3. The summed E-state index contributed by atoms with van der Waals surface area (Å²) in [6.07, 6.45) is 2.23. The van der Waals surface area contributed by atoms with Crippen LogP contribution in [-0.4, -0.2) is 32.2 Å². The molecule has 2 amide bonds. The minimum absolute atomic E-state index is 0.0845. The van der Waals surface area contributed by atoms with Gasteiger partial charge >= 0.3 is 6.03 Å². The Morgan fingerprint density at radius 1 is 1.64 bits per heavy atom. The van der Waals surface area contributed by atoms with Gasteiger partial charge in [-0.1, -0.05) is 0 Å². The number of nitrogens with one attached hydrogen (secondary N) is 3. The largest absolute Gasteiger partial charge is 0.341 e. The van der Waals surface area contributed by atoms with Crippen molar-refractivity contribution in [1.29, 1.82) is 0 Å². The summed E-state index contributed by atoms with van der Waals surface area (Å²) in [6.45, 7) is 1.97. The van der Waals surface area contributed by atoms with E-state index in [4.69, 9.17) is 0 Å². The van der Waals surface area contributed by atoms with Crippen LogP contribution in [0.1, 0.15) is 12.8 Å². The van der Waals surface area contributed by atoms with Crippen LogP contribution in [0.4, 0.5) is 4.79 Å². The van der Waals surface area contributed by atoms with Gasteiger partial charge < -0.3 is 16.0 Å². The van der Waals surface area contributed by atoms with Crippen LogP contribution in [0.5, 0.6) is 0 Å². The van der Waals surface area contributed by atoms with Crippen LogP contribution in [0, 0.1) is 0 Å². The minimum atomic E-state index is -0.0845. The Hall–Kier alpha value is -0.770. The lowest BCUT2D eigenvalue weighted by Gasteiger charge is -2.23. The zero-order valence-corrected chi connectivity index (χ0v) is 6.81. The van der Waals surface area contributed by atoms with Crippen molar-refractivity contribution in [2.24, 2.45) is 0 Å². The fourth-order valence-electron chi connectivity index (χ4n) is 1.23. The van der Waals surface area contributed by atoms with Crippen molar-refractivity contribution in [1.82, 2.24) is 16.0 Å². The highest BCUT2D eigenvalue weighted by Gasteiger charge is 2.13. The first kappa shape index (κ1) is 8.33. The molecule has 1 rings (SSSR count). The zero-order valence-electron chi connectivity index (χ0n) is 6.81. The Morgan fingerprint density at radius 2 is 2.45 bits per heavy atom. The van der Waals surface area contributed by atoms with E-state index in [2.05, 4.69) is 16.0 Å². The van der Waals surface area contributed by atoms with Crippen LogP contribution in [0.2, 0.25) is 0 Å². The maximum absolute atomic E-state index is 10.8. The van der Waals surface area contributed by atoms with Crippen LogP contribution in [0.3, 0.4) is 0 Å². The molecule has 1 aliphatic rings. The molecule has 0 aromatic heterocycles. The number of urea groups is 1. The van der Waals surface area contributed by atoms with Gasteiger partial charge in [-0.05, 0) is 19.4 Å². The van der Waals surface area contributed by atoms with Crippen molar-refractivity contribution in [3.8, 4) is 0 Å². The molecule has 0 aromatic rings. The summed E-state index contributed by atoms with van der Waals surface area (Å²) in [5.41, 5.74) is 0. The van der Waals surface area contributed by atoms with Crippen LogP contribution in [-0.2, 0) is 0 Å². The van der Waals surface area contributed by atoms with Crippen LogP contribution < -0.4 is 16.0 Å². The number of rotatable bonds is 1. The van der Waals surface area contributed by atoms with Gasteiger partial charge in [0.1, 0.15) is 0 Å². The molecule has 0 spiro atoms. The highest BCUT2D eigenvalue weighted by molar-refractivity contribution is 5.73. The van der Waals surface area contributed by atoms with Crippen molar-refractivity contribution in [2.45, 2.75) is 18.9 Å². The highest BCUT2D eigenvalue weighted by Crippen LogP contribution is 2.00. The third kappa shape index (κ3) is 2.76. The Labute approximate surface area is 66.7 Å².